The molecular weight excluding hydrogens is 168 g/mol. The normalized spacial score (nSPS) is 10.0. The molecule has 1 rings (SSSR count). The van der Waals surface area contributed by atoms with Crippen molar-refractivity contribution in [3.8, 4) is 0 Å². The average Bonchev–Trinajstić information content (AvgIpc) is 2.25. The van der Waals surface area contributed by atoms with Crippen LogP contribution in [0.1, 0.15) is 31.2 Å². The van der Waals surface area contributed by atoms with Crippen LogP contribution in [0.25, 0.3) is 0 Å². The molecule has 0 N–H and O–H groups in total. The van der Waals surface area contributed by atoms with Crippen molar-refractivity contribution in [2.24, 2.45) is 0 Å². The Balaban J connectivity index is 2.02. The minimum Gasteiger partial charge on any atom is -0.103 e. The van der Waals surface area contributed by atoms with E-state index in [9.17, 15) is 0 Å². The highest BCUT2D eigenvalue weighted by atomic mass is 14.0. The minimum atomic E-state index is 1.11. The third-order valence-corrected chi connectivity index (χ3v) is 2.29. The summed E-state index contributed by atoms with van der Waals surface area (Å²) < 4.78 is 0. The van der Waals surface area contributed by atoms with Gasteiger partial charge in [-0.3, -0.25) is 0 Å². The summed E-state index contributed by atoms with van der Waals surface area (Å²) in [5, 5.41) is 0. The van der Waals surface area contributed by atoms with Crippen LogP contribution in [0.5, 0.6) is 0 Å². The van der Waals surface area contributed by atoms with E-state index in [2.05, 4.69) is 43.3 Å². The zero-order chi connectivity index (χ0) is 10.1. The van der Waals surface area contributed by atoms with E-state index in [-0.39, 0.29) is 0 Å². The van der Waals surface area contributed by atoms with Crippen LogP contribution in [0, 0.1) is 6.42 Å². The van der Waals surface area contributed by atoms with Crippen molar-refractivity contribution in [3.05, 3.63) is 55.0 Å². The van der Waals surface area contributed by atoms with Crippen molar-refractivity contribution in [2.75, 3.05) is 0 Å². The monoisotopic (exact) mass is 187 g/mol. The molecule has 14 heavy (non-hydrogen) atoms. The summed E-state index contributed by atoms with van der Waals surface area (Å²) in [4.78, 5) is 0. The Morgan fingerprint density at radius 3 is 2.43 bits per heavy atom. The topological polar surface area (TPSA) is 0 Å². The van der Waals surface area contributed by atoms with Gasteiger partial charge in [0.05, 0.1) is 0 Å². The van der Waals surface area contributed by atoms with Crippen molar-refractivity contribution < 1.29 is 0 Å². The molecule has 1 aromatic carbocycles. The molecule has 0 aromatic heterocycles. The van der Waals surface area contributed by atoms with E-state index in [0.717, 1.165) is 12.8 Å². The van der Waals surface area contributed by atoms with Gasteiger partial charge in [0.25, 0.3) is 0 Å². The van der Waals surface area contributed by atoms with Gasteiger partial charge in [0.15, 0.2) is 0 Å². The fourth-order valence-electron chi connectivity index (χ4n) is 1.46. The lowest BCUT2D eigenvalue weighted by molar-refractivity contribution is 0.728. The van der Waals surface area contributed by atoms with Gasteiger partial charge >= 0.3 is 0 Å². The van der Waals surface area contributed by atoms with E-state index >= 15 is 0 Å². The molecule has 0 aliphatic carbocycles. The number of hydrogen-bond donors (Lipinski definition) is 0. The zero-order valence-electron chi connectivity index (χ0n) is 8.78. The highest BCUT2D eigenvalue weighted by molar-refractivity contribution is 5.16. The first-order chi connectivity index (χ1) is 6.93. The van der Waals surface area contributed by atoms with Gasteiger partial charge in [-0.2, -0.15) is 0 Å². The SMILES string of the molecule is C=CCCCC[CH]Cc1ccccc1. The second-order valence-electron chi connectivity index (χ2n) is 3.55. The summed E-state index contributed by atoms with van der Waals surface area (Å²) in [5.74, 6) is 0. The van der Waals surface area contributed by atoms with Crippen LogP contribution in [0.15, 0.2) is 43.0 Å². The first-order valence-electron chi connectivity index (χ1n) is 5.40. The molecule has 1 radical (unpaired) electrons. The largest absolute Gasteiger partial charge is 0.103 e. The van der Waals surface area contributed by atoms with Crippen LogP contribution < -0.4 is 0 Å². The molecule has 0 heterocycles. The molecule has 1 aromatic rings. The Morgan fingerprint density at radius 2 is 1.71 bits per heavy atom. The third kappa shape index (κ3) is 4.86. The van der Waals surface area contributed by atoms with Gasteiger partial charge in [-0.1, -0.05) is 42.8 Å². The summed E-state index contributed by atoms with van der Waals surface area (Å²) in [7, 11) is 0. The fraction of sp³-hybridized carbons (Fsp3) is 0.357. The Labute approximate surface area is 87.7 Å². The molecule has 0 amide bonds. The maximum atomic E-state index is 3.72. The second-order valence-corrected chi connectivity index (χ2v) is 3.55. The molecule has 0 bridgehead atoms. The molecule has 0 unspecified atom stereocenters. The predicted octanol–water partition coefficient (Wildman–Crippen LogP) is 4.18. The predicted molar refractivity (Wildman–Crippen MR) is 63.1 cm³/mol. The summed E-state index contributed by atoms with van der Waals surface area (Å²) >= 11 is 0. The van der Waals surface area contributed by atoms with E-state index < -0.39 is 0 Å². The fourth-order valence-corrected chi connectivity index (χ4v) is 1.46. The maximum Gasteiger partial charge on any atom is -0.0248 e. The quantitative estimate of drug-likeness (QED) is 0.444. The van der Waals surface area contributed by atoms with Crippen molar-refractivity contribution in [1.82, 2.24) is 0 Å². The first-order valence-corrected chi connectivity index (χ1v) is 5.40. The highest BCUT2D eigenvalue weighted by Crippen LogP contribution is 2.07. The summed E-state index contributed by atoms with van der Waals surface area (Å²) in [6, 6.07) is 10.6. The molecular formula is C14H19. The Bertz CT molecular complexity index is 235. The smallest absolute Gasteiger partial charge is 0.0248 e. The molecule has 75 valence electrons. The van der Waals surface area contributed by atoms with Crippen molar-refractivity contribution >= 4 is 0 Å². The molecule has 0 fully saturated rings. The lowest BCUT2D eigenvalue weighted by Crippen LogP contribution is -1.86. The van der Waals surface area contributed by atoms with E-state index in [0.29, 0.717) is 0 Å². The van der Waals surface area contributed by atoms with Gasteiger partial charge in [-0.25, -0.2) is 0 Å². The molecule has 0 aliphatic rings. The number of allylic oxidation sites excluding steroid dienone is 1. The van der Waals surface area contributed by atoms with E-state index in [4.69, 9.17) is 0 Å². The number of benzene rings is 1. The highest BCUT2D eigenvalue weighted by Gasteiger charge is 1.92. The van der Waals surface area contributed by atoms with Gasteiger partial charge in [0.2, 0.25) is 0 Å². The Morgan fingerprint density at radius 1 is 1.00 bits per heavy atom. The minimum absolute atomic E-state index is 1.11. The summed E-state index contributed by atoms with van der Waals surface area (Å²) in [6.45, 7) is 3.72. The maximum absolute atomic E-state index is 3.72. The van der Waals surface area contributed by atoms with Crippen LogP contribution in [0.4, 0.5) is 0 Å². The molecule has 0 heteroatoms. The third-order valence-electron chi connectivity index (χ3n) is 2.29. The standard InChI is InChI=1S/C14H19/c1-2-3-4-5-6-8-11-14-12-9-7-10-13-14/h2,7-10,12-13H,1,3-6,11H2. The Kier molecular flexibility index (Phi) is 5.81. The summed E-state index contributed by atoms with van der Waals surface area (Å²) in [5.41, 5.74) is 1.41. The number of hydrogen-bond acceptors (Lipinski definition) is 0. The number of unbranched alkanes of at least 4 members (excludes halogenated alkanes) is 4. The molecule has 0 spiro atoms. The average molecular weight is 187 g/mol. The lowest BCUT2D eigenvalue weighted by atomic mass is 10.1. The van der Waals surface area contributed by atoms with Crippen LogP contribution in [0.2, 0.25) is 0 Å². The Hall–Kier alpha value is -1.04. The second kappa shape index (κ2) is 7.37. The van der Waals surface area contributed by atoms with Gasteiger partial charge in [-0.15, -0.1) is 6.58 Å². The number of rotatable bonds is 7. The molecule has 0 nitrogen and oxygen atoms in total. The van der Waals surface area contributed by atoms with Crippen LogP contribution in [-0.4, -0.2) is 0 Å². The van der Waals surface area contributed by atoms with Crippen LogP contribution in [-0.2, 0) is 6.42 Å². The van der Waals surface area contributed by atoms with E-state index in [1.54, 1.807) is 0 Å². The van der Waals surface area contributed by atoms with E-state index in [1.165, 1.54) is 24.8 Å². The zero-order valence-corrected chi connectivity index (χ0v) is 8.78. The summed E-state index contributed by atoms with van der Waals surface area (Å²) in [6.07, 6.45) is 10.4. The van der Waals surface area contributed by atoms with Crippen LogP contribution in [0.3, 0.4) is 0 Å². The lowest BCUT2D eigenvalue weighted by Gasteiger charge is -2.00. The van der Waals surface area contributed by atoms with Crippen molar-refractivity contribution in [3.63, 3.8) is 0 Å². The van der Waals surface area contributed by atoms with E-state index in [1.807, 2.05) is 6.08 Å². The molecule has 0 atom stereocenters. The van der Waals surface area contributed by atoms with Gasteiger partial charge in [0.1, 0.15) is 0 Å². The molecule has 0 saturated heterocycles. The van der Waals surface area contributed by atoms with Gasteiger partial charge in [0, 0.05) is 0 Å². The van der Waals surface area contributed by atoms with Crippen LogP contribution >= 0.6 is 0 Å². The van der Waals surface area contributed by atoms with Gasteiger partial charge in [-0.05, 0) is 37.7 Å². The van der Waals surface area contributed by atoms with Crippen molar-refractivity contribution in [2.45, 2.75) is 32.1 Å². The molecule has 0 aliphatic heterocycles. The van der Waals surface area contributed by atoms with Crippen molar-refractivity contribution in [1.29, 1.82) is 0 Å². The molecule has 0 saturated carbocycles. The van der Waals surface area contributed by atoms with Gasteiger partial charge < -0.3 is 0 Å². The first kappa shape index (κ1) is 11.0.